The summed E-state index contributed by atoms with van der Waals surface area (Å²) in [5.74, 6) is 0. The lowest BCUT2D eigenvalue weighted by Gasteiger charge is -2.00. The lowest BCUT2D eigenvalue weighted by molar-refractivity contribution is -0.595. The highest BCUT2D eigenvalue weighted by Gasteiger charge is 2.06. The number of pyridine rings is 2. The monoisotopic (exact) mass is 258 g/mol. The van der Waals surface area contributed by atoms with Gasteiger partial charge in [0.1, 0.15) is 0 Å². The molecule has 3 heteroatoms. The molecule has 3 nitrogen and oxygen atoms in total. The molecule has 2 aromatic heterocycles. The van der Waals surface area contributed by atoms with Crippen molar-refractivity contribution in [2.24, 2.45) is 0 Å². The van der Waals surface area contributed by atoms with Gasteiger partial charge < -0.3 is 0 Å². The molecule has 0 saturated carbocycles. The summed E-state index contributed by atoms with van der Waals surface area (Å²) < 4.78 is 2.02. The molecule has 0 unspecified atom stereocenters. The number of aromatic nitrogens is 2. The predicted molar refractivity (Wildman–Crippen MR) is 75.9 cm³/mol. The van der Waals surface area contributed by atoms with Gasteiger partial charge in [0, 0.05) is 36.7 Å². The van der Waals surface area contributed by atoms with Crippen molar-refractivity contribution in [1.29, 1.82) is 5.26 Å². The molecule has 0 N–H and O–H groups in total. The molecule has 0 saturated heterocycles. The molecular weight excluding hydrogens is 246 g/mol. The minimum atomic E-state index is 0.669. The largest absolute Gasteiger partial charge is 0.265 e. The second kappa shape index (κ2) is 5.33. The van der Waals surface area contributed by atoms with E-state index in [1.807, 2.05) is 53.4 Å². The highest BCUT2D eigenvalue weighted by Crippen LogP contribution is 2.16. The fraction of sp³-hybridized carbons (Fsp3) is 0. The first-order chi connectivity index (χ1) is 9.86. The molecule has 0 spiro atoms. The summed E-state index contributed by atoms with van der Waals surface area (Å²) in [6, 6.07) is 17.7. The predicted octanol–water partition coefficient (Wildman–Crippen LogP) is 2.90. The van der Waals surface area contributed by atoms with E-state index in [2.05, 4.69) is 23.2 Å². The average Bonchev–Trinajstić information content (AvgIpc) is 2.56. The Bertz CT molecular complexity index is 739. The van der Waals surface area contributed by atoms with Crippen molar-refractivity contribution < 1.29 is 4.57 Å². The fourth-order valence-corrected chi connectivity index (χ4v) is 2.04. The second-order valence-electron chi connectivity index (χ2n) is 4.39. The molecule has 0 fully saturated rings. The van der Waals surface area contributed by atoms with Gasteiger partial charge in [-0.3, -0.25) is 4.98 Å². The molecule has 1 aromatic carbocycles. The summed E-state index contributed by atoms with van der Waals surface area (Å²) >= 11 is 0. The van der Waals surface area contributed by atoms with Crippen LogP contribution in [0.5, 0.6) is 0 Å². The molecule has 0 aliphatic heterocycles. The van der Waals surface area contributed by atoms with Gasteiger partial charge in [0.15, 0.2) is 12.4 Å². The van der Waals surface area contributed by atoms with Gasteiger partial charge in [-0.1, -0.05) is 0 Å². The first kappa shape index (κ1) is 12.1. The standard InChI is InChI=1S/C17H12N3/c18-13-14-1-3-17(4-2-14)20-11-7-16(8-12-20)15-5-9-19-10-6-15/h1-12H/q+1. The highest BCUT2D eigenvalue weighted by molar-refractivity contribution is 5.61. The van der Waals surface area contributed by atoms with Crippen molar-refractivity contribution >= 4 is 0 Å². The van der Waals surface area contributed by atoms with E-state index in [4.69, 9.17) is 5.26 Å². The third kappa shape index (κ3) is 2.40. The van der Waals surface area contributed by atoms with Gasteiger partial charge in [-0.05, 0) is 35.4 Å². The van der Waals surface area contributed by atoms with Crippen molar-refractivity contribution in [3.63, 3.8) is 0 Å². The summed E-state index contributed by atoms with van der Waals surface area (Å²) in [4.78, 5) is 4.02. The normalized spacial score (nSPS) is 9.95. The molecule has 94 valence electrons. The fourth-order valence-electron chi connectivity index (χ4n) is 2.04. The Morgan fingerprint density at radius 3 is 2.00 bits per heavy atom. The lowest BCUT2D eigenvalue weighted by Crippen LogP contribution is -2.28. The van der Waals surface area contributed by atoms with Crippen LogP contribution < -0.4 is 4.57 Å². The molecule has 2 heterocycles. The SMILES string of the molecule is N#Cc1ccc(-[n+]2ccc(-c3ccncc3)cc2)cc1. The van der Waals surface area contributed by atoms with Crippen LogP contribution in [0.3, 0.4) is 0 Å². The third-order valence-electron chi connectivity index (χ3n) is 3.14. The summed E-state index contributed by atoms with van der Waals surface area (Å²) in [6.07, 6.45) is 7.60. The zero-order chi connectivity index (χ0) is 13.8. The number of nitriles is 1. The van der Waals surface area contributed by atoms with Gasteiger partial charge in [0.05, 0.1) is 11.6 Å². The van der Waals surface area contributed by atoms with Crippen LogP contribution in [0, 0.1) is 11.3 Å². The number of nitrogens with zero attached hydrogens (tertiary/aromatic N) is 3. The van der Waals surface area contributed by atoms with Crippen LogP contribution in [-0.4, -0.2) is 4.98 Å². The van der Waals surface area contributed by atoms with E-state index in [-0.39, 0.29) is 0 Å². The van der Waals surface area contributed by atoms with E-state index in [0.29, 0.717) is 5.56 Å². The molecule has 3 aromatic rings. The van der Waals surface area contributed by atoms with Crippen molar-refractivity contribution in [2.45, 2.75) is 0 Å². The van der Waals surface area contributed by atoms with Crippen molar-refractivity contribution in [1.82, 2.24) is 4.98 Å². The molecule has 0 bridgehead atoms. The summed E-state index contributed by atoms with van der Waals surface area (Å²) in [7, 11) is 0. The topological polar surface area (TPSA) is 40.6 Å². The van der Waals surface area contributed by atoms with Gasteiger partial charge in [-0.15, -0.1) is 0 Å². The first-order valence-corrected chi connectivity index (χ1v) is 6.29. The van der Waals surface area contributed by atoms with Gasteiger partial charge in [-0.25, -0.2) is 0 Å². The smallest absolute Gasteiger partial charge is 0.210 e. The summed E-state index contributed by atoms with van der Waals surface area (Å²) in [6.45, 7) is 0. The van der Waals surface area contributed by atoms with Crippen LogP contribution in [0.1, 0.15) is 5.56 Å². The Morgan fingerprint density at radius 1 is 0.800 bits per heavy atom. The Balaban J connectivity index is 1.91. The number of rotatable bonds is 2. The minimum Gasteiger partial charge on any atom is -0.265 e. The molecule has 0 aliphatic carbocycles. The third-order valence-corrected chi connectivity index (χ3v) is 3.14. The number of hydrogen-bond donors (Lipinski definition) is 0. The van der Waals surface area contributed by atoms with Crippen LogP contribution in [0.2, 0.25) is 0 Å². The maximum Gasteiger partial charge on any atom is 0.210 e. The number of benzene rings is 1. The zero-order valence-corrected chi connectivity index (χ0v) is 10.8. The van der Waals surface area contributed by atoms with Crippen LogP contribution in [0.4, 0.5) is 0 Å². The van der Waals surface area contributed by atoms with Crippen LogP contribution in [-0.2, 0) is 0 Å². The average molecular weight is 258 g/mol. The molecular formula is C17H12N3+. The van der Waals surface area contributed by atoms with Gasteiger partial charge >= 0.3 is 0 Å². The van der Waals surface area contributed by atoms with Crippen molar-refractivity contribution in [2.75, 3.05) is 0 Å². The molecule has 0 radical (unpaired) electrons. The Kier molecular flexibility index (Phi) is 3.22. The van der Waals surface area contributed by atoms with E-state index < -0.39 is 0 Å². The van der Waals surface area contributed by atoms with Crippen LogP contribution in [0.15, 0.2) is 73.3 Å². The molecule has 0 atom stereocenters. The summed E-state index contributed by atoms with van der Waals surface area (Å²) in [5.41, 5.74) is 4.00. The van der Waals surface area contributed by atoms with E-state index in [1.165, 1.54) is 0 Å². The molecule has 3 rings (SSSR count). The Hall–Kier alpha value is -2.99. The minimum absolute atomic E-state index is 0.669. The van der Waals surface area contributed by atoms with E-state index in [0.717, 1.165) is 16.8 Å². The lowest BCUT2D eigenvalue weighted by atomic mass is 10.1. The maximum atomic E-state index is 8.80. The zero-order valence-electron chi connectivity index (χ0n) is 10.8. The molecule has 0 amide bonds. The maximum absolute atomic E-state index is 8.80. The number of hydrogen-bond acceptors (Lipinski definition) is 2. The molecule has 20 heavy (non-hydrogen) atoms. The Morgan fingerprint density at radius 2 is 1.40 bits per heavy atom. The highest BCUT2D eigenvalue weighted by atomic mass is 14.9. The van der Waals surface area contributed by atoms with Gasteiger partial charge in [-0.2, -0.15) is 9.83 Å². The molecule has 0 aliphatic rings. The van der Waals surface area contributed by atoms with E-state index in [1.54, 1.807) is 12.4 Å². The van der Waals surface area contributed by atoms with Crippen LogP contribution in [0.25, 0.3) is 16.8 Å². The first-order valence-electron chi connectivity index (χ1n) is 6.29. The quantitative estimate of drug-likeness (QED) is 0.663. The van der Waals surface area contributed by atoms with E-state index >= 15 is 0 Å². The van der Waals surface area contributed by atoms with Crippen molar-refractivity contribution in [3.8, 4) is 22.9 Å². The van der Waals surface area contributed by atoms with Crippen molar-refractivity contribution in [3.05, 3.63) is 78.9 Å². The second-order valence-corrected chi connectivity index (χ2v) is 4.39. The van der Waals surface area contributed by atoms with E-state index in [9.17, 15) is 0 Å². The van der Waals surface area contributed by atoms with Crippen LogP contribution >= 0.6 is 0 Å². The Labute approximate surface area is 117 Å². The summed E-state index contributed by atoms with van der Waals surface area (Å²) in [5, 5.41) is 8.80. The van der Waals surface area contributed by atoms with Gasteiger partial charge in [0.25, 0.3) is 0 Å². The van der Waals surface area contributed by atoms with Gasteiger partial charge in [0.2, 0.25) is 5.69 Å².